The van der Waals surface area contributed by atoms with Crippen molar-refractivity contribution < 1.29 is 19.1 Å². The Morgan fingerprint density at radius 2 is 1.63 bits per heavy atom. The van der Waals surface area contributed by atoms with Gasteiger partial charge in [0.2, 0.25) is 11.8 Å². The molecule has 1 aliphatic heterocycles. The number of amides is 2. The van der Waals surface area contributed by atoms with Crippen LogP contribution in [0.2, 0.25) is 0 Å². The Morgan fingerprint density at radius 3 is 2.31 bits per heavy atom. The first kappa shape index (κ1) is 24.6. The zero-order chi connectivity index (χ0) is 24.6. The van der Waals surface area contributed by atoms with E-state index in [4.69, 9.17) is 9.47 Å². The molecule has 1 saturated heterocycles. The van der Waals surface area contributed by atoms with Gasteiger partial charge < -0.3 is 20.1 Å². The van der Waals surface area contributed by atoms with E-state index in [-0.39, 0.29) is 24.0 Å². The number of ether oxygens (including phenoxy) is 2. The smallest absolute Gasteiger partial charge is 0.248 e. The second kappa shape index (κ2) is 11.7. The van der Waals surface area contributed by atoms with Crippen LogP contribution in [0.3, 0.4) is 0 Å². The quantitative estimate of drug-likeness (QED) is 0.532. The molecule has 2 aliphatic rings. The molecule has 0 aromatic heterocycles. The number of carbonyl (C=O) groups excluding carboxylic acids is 2. The number of hydrogen-bond acceptors (Lipinski definition) is 6. The van der Waals surface area contributed by atoms with Crippen LogP contribution in [0.25, 0.3) is 0 Å². The van der Waals surface area contributed by atoms with Crippen LogP contribution < -0.4 is 20.1 Å². The summed E-state index contributed by atoms with van der Waals surface area (Å²) in [7, 11) is 1.65. The number of hydrogen-bond donors (Lipinski definition) is 2. The number of nitrogens with one attached hydrogen (secondary N) is 2. The molecule has 8 heteroatoms. The van der Waals surface area contributed by atoms with Gasteiger partial charge in [0.05, 0.1) is 19.4 Å². The van der Waals surface area contributed by atoms with Crippen molar-refractivity contribution in [2.75, 3.05) is 24.3 Å². The average Bonchev–Trinajstić information content (AvgIpc) is 3.37. The van der Waals surface area contributed by atoms with E-state index in [0.717, 1.165) is 50.0 Å². The van der Waals surface area contributed by atoms with E-state index >= 15 is 0 Å². The largest absolute Gasteiger partial charge is 0.493 e. The lowest BCUT2D eigenvalue weighted by atomic mass is 10.0. The molecular weight excluding hydrogens is 444 g/mol. The van der Waals surface area contributed by atoms with E-state index in [0.29, 0.717) is 17.1 Å². The van der Waals surface area contributed by atoms with Crippen LogP contribution >= 0.6 is 0 Å². The highest BCUT2D eigenvalue weighted by atomic mass is 16.5. The van der Waals surface area contributed by atoms with Gasteiger partial charge in [0.15, 0.2) is 11.5 Å². The third kappa shape index (κ3) is 6.74. The second-order valence-electron chi connectivity index (χ2n) is 9.10. The highest BCUT2D eigenvalue weighted by Gasteiger charge is 2.28. The van der Waals surface area contributed by atoms with Crippen molar-refractivity contribution in [3.8, 4) is 11.5 Å². The molecule has 1 heterocycles. The van der Waals surface area contributed by atoms with E-state index < -0.39 is 0 Å². The van der Waals surface area contributed by atoms with Gasteiger partial charge in [-0.05, 0) is 93.0 Å². The van der Waals surface area contributed by atoms with Gasteiger partial charge in [-0.15, -0.1) is 0 Å². The first-order valence-corrected chi connectivity index (χ1v) is 12.4. The second-order valence-corrected chi connectivity index (χ2v) is 9.10. The number of nitrogens with zero attached hydrogens (tertiary/aromatic N) is 2. The minimum atomic E-state index is -0.345. The molecule has 2 N–H and O–H groups in total. The molecule has 186 valence electrons. The van der Waals surface area contributed by atoms with E-state index in [1.54, 1.807) is 37.6 Å². The maximum absolute atomic E-state index is 13.0. The van der Waals surface area contributed by atoms with E-state index in [1.807, 2.05) is 23.2 Å². The lowest BCUT2D eigenvalue weighted by Crippen LogP contribution is -2.44. The van der Waals surface area contributed by atoms with Crippen LogP contribution in [0.15, 0.2) is 47.6 Å². The topological polar surface area (TPSA) is 92.3 Å². The van der Waals surface area contributed by atoms with Crippen molar-refractivity contribution in [1.29, 1.82) is 0 Å². The SMILES string of the molecule is COc1ccc(/C=N/N2CCCCC2C(=O)Nc2ccc(NC(C)=O)cc2)cc1OC1CCCC1. The van der Waals surface area contributed by atoms with E-state index in [9.17, 15) is 9.59 Å². The molecule has 0 spiro atoms. The third-order valence-electron chi connectivity index (χ3n) is 6.39. The number of carbonyl (C=O) groups is 2. The molecule has 2 amide bonds. The Morgan fingerprint density at radius 1 is 0.943 bits per heavy atom. The van der Waals surface area contributed by atoms with Gasteiger partial charge in [-0.3, -0.25) is 14.6 Å². The highest BCUT2D eigenvalue weighted by molar-refractivity contribution is 5.95. The predicted octanol–water partition coefficient (Wildman–Crippen LogP) is 4.80. The van der Waals surface area contributed by atoms with Crippen LogP contribution in [-0.4, -0.2) is 48.8 Å². The summed E-state index contributed by atoms with van der Waals surface area (Å²) in [6.45, 7) is 2.18. The zero-order valence-corrected chi connectivity index (χ0v) is 20.5. The van der Waals surface area contributed by atoms with Crippen molar-refractivity contribution >= 4 is 29.4 Å². The summed E-state index contributed by atoms with van der Waals surface area (Å²) >= 11 is 0. The van der Waals surface area contributed by atoms with Crippen LogP contribution in [0.1, 0.15) is 57.4 Å². The van der Waals surface area contributed by atoms with Gasteiger partial charge in [-0.2, -0.15) is 5.10 Å². The van der Waals surface area contributed by atoms with Gasteiger partial charge in [-0.25, -0.2) is 0 Å². The third-order valence-corrected chi connectivity index (χ3v) is 6.39. The molecule has 1 unspecified atom stereocenters. The molecule has 2 aromatic rings. The summed E-state index contributed by atoms with van der Waals surface area (Å²) in [6, 6.07) is 12.5. The number of piperidine rings is 1. The maximum Gasteiger partial charge on any atom is 0.248 e. The summed E-state index contributed by atoms with van der Waals surface area (Å²) in [6.07, 6.45) is 9.28. The van der Waals surface area contributed by atoms with Crippen molar-refractivity contribution in [3.05, 3.63) is 48.0 Å². The Labute approximate surface area is 206 Å². The predicted molar refractivity (Wildman–Crippen MR) is 137 cm³/mol. The number of anilines is 2. The Kier molecular flexibility index (Phi) is 8.23. The number of methoxy groups -OCH3 is 1. The summed E-state index contributed by atoms with van der Waals surface area (Å²) in [5.41, 5.74) is 2.27. The monoisotopic (exact) mass is 478 g/mol. The van der Waals surface area contributed by atoms with Crippen LogP contribution in [0.5, 0.6) is 11.5 Å². The molecular formula is C27H34N4O4. The van der Waals surface area contributed by atoms with Crippen LogP contribution in [-0.2, 0) is 9.59 Å². The van der Waals surface area contributed by atoms with E-state index in [2.05, 4.69) is 15.7 Å². The molecule has 1 saturated carbocycles. The number of rotatable bonds is 8. The average molecular weight is 479 g/mol. The van der Waals surface area contributed by atoms with Gasteiger partial charge in [-0.1, -0.05) is 0 Å². The maximum atomic E-state index is 13.0. The molecule has 1 aliphatic carbocycles. The Hall–Kier alpha value is -3.55. The van der Waals surface area contributed by atoms with Gasteiger partial charge >= 0.3 is 0 Å². The number of benzene rings is 2. The summed E-state index contributed by atoms with van der Waals surface area (Å²) in [4.78, 5) is 24.2. The van der Waals surface area contributed by atoms with E-state index in [1.165, 1.54) is 19.8 Å². The first-order chi connectivity index (χ1) is 17.0. The number of hydrazone groups is 1. The summed E-state index contributed by atoms with van der Waals surface area (Å²) in [5, 5.41) is 12.2. The Balaban J connectivity index is 1.42. The fourth-order valence-corrected chi connectivity index (χ4v) is 4.58. The fourth-order valence-electron chi connectivity index (χ4n) is 4.58. The molecule has 4 rings (SSSR count). The van der Waals surface area contributed by atoms with Crippen molar-refractivity contribution in [3.63, 3.8) is 0 Å². The normalized spacial score (nSPS) is 18.5. The first-order valence-electron chi connectivity index (χ1n) is 12.4. The van der Waals surface area contributed by atoms with Crippen molar-refractivity contribution in [2.45, 2.75) is 64.0 Å². The summed E-state index contributed by atoms with van der Waals surface area (Å²) < 4.78 is 11.7. The van der Waals surface area contributed by atoms with Crippen molar-refractivity contribution in [1.82, 2.24) is 5.01 Å². The van der Waals surface area contributed by atoms with Crippen LogP contribution in [0.4, 0.5) is 11.4 Å². The standard InChI is InChI=1S/C27H34N4O4/c1-19(32)29-21-11-13-22(14-12-21)30-27(33)24-9-5-6-16-31(24)28-18-20-10-15-25(34-2)26(17-20)35-23-7-3-4-8-23/h10-15,17-18,23-24H,3-9,16H2,1-2H3,(H,29,32)(H,30,33)/b28-18+. The molecule has 1 atom stereocenters. The lowest BCUT2D eigenvalue weighted by Gasteiger charge is -2.32. The van der Waals surface area contributed by atoms with Gasteiger partial charge in [0, 0.05) is 24.8 Å². The minimum absolute atomic E-state index is 0.0888. The molecule has 2 aromatic carbocycles. The van der Waals surface area contributed by atoms with Crippen LogP contribution in [0, 0.1) is 0 Å². The molecule has 0 bridgehead atoms. The molecule has 0 radical (unpaired) electrons. The zero-order valence-electron chi connectivity index (χ0n) is 20.5. The lowest BCUT2D eigenvalue weighted by molar-refractivity contribution is -0.122. The molecule has 2 fully saturated rings. The fraction of sp³-hybridized carbons (Fsp3) is 0.444. The Bertz CT molecular complexity index is 1050. The van der Waals surface area contributed by atoms with Gasteiger partial charge in [0.25, 0.3) is 0 Å². The highest BCUT2D eigenvalue weighted by Crippen LogP contribution is 2.32. The van der Waals surface area contributed by atoms with Gasteiger partial charge in [0.1, 0.15) is 6.04 Å². The van der Waals surface area contributed by atoms with Crippen molar-refractivity contribution in [2.24, 2.45) is 5.10 Å². The minimum Gasteiger partial charge on any atom is -0.493 e. The molecule has 35 heavy (non-hydrogen) atoms. The molecule has 8 nitrogen and oxygen atoms in total. The summed E-state index contributed by atoms with van der Waals surface area (Å²) in [5.74, 6) is 1.23.